The molecular weight excluding hydrogens is 323 g/mol. The summed E-state index contributed by atoms with van der Waals surface area (Å²) >= 11 is 0. The van der Waals surface area contributed by atoms with Crippen LogP contribution in [-0.4, -0.2) is 29.8 Å². The quantitative estimate of drug-likeness (QED) is 0.829. The van der Waals surface area contributed by atoms with Crippen LogP contribution in [0.4, 0.5) is 13.2 Å². The minimum atomic E-state index is -4.56. The molecule has 0 aliphatic carbocycles. The second-order valence-electron chi connectivity index (χ2n) is 6.91. The van der Waals surface area contributed by atoms with E-state index in [9.17, 15) is 23.1 Å². The summed E-state index contributed by atoms with van der Waals surface area (Å²) in [6, 6.07) is 4.25. The Bertz CT molecular complexity index is 553. The molecule has 0 bridgehead atoms. The van der Waals surface area contributed by atoms with E-state index < -0.39 is 35.5 Å². The fraction of sp³-hybridized carbons (Fsp3) is 0.588. The third-order valence-electron chi connectivity index (χ3n) is 3.29. The van der Waals surface area contributed by atoms with Gasteiger partial charge in [0.1, 0.15) is 5.75 Å². The molecule has 4 nitrogen and oxygen atoms in total. The molecule has 0 spiro atoms. The zero-order valence-corrected chi connectivity index (χ0v) is 14.3. The molecule has 24 heavy (non-hydrogen) atoms. The third-order valence-corrected chi connectivity index (χ3v) is 3.29. The first kappa shape index (κ1) is 20.3. The maximum atomic E-state index is 12.9. The highest BCUT2D eigenvalue weighted by Crippen LogP contribution is 2.36. The highest BCUT2D eigenvalue weighted by Gasteiger charge is 2.35. The lowest BCUT2D eigenvalue weighted by atomic mass is 9.88. The van der Waals surface area contributed by atoms with Crippen LogP contribution in [0.15, 0.2) is 24.3 Å². The normalized spacial score (nSPS) is 14.8. The van der Waals surface area contributed by atoms with Gasteiger partial charge in [-0.2, -0.15) is 13.2 Å². The maximum absolute atomic E-state index is 12.9. The SMILES string of the molecule is C[C@@H](Oc1ccccc1C(F)(F)F)C(=O)N[C@H](CO)CC(C)(C)C. The van der Waals surface area contributed by atoms with E-state index in [4.69, 9.17) is 4.74 Å². The van der Waals surface area contributed by atoms with Crippen LogP contribution in [0.25, 0.3) is 0 Å². The number of benzene rings is 1. The molecule has 0 radical (unpaired) electrons. The number of carbonyl (C=O) groups is 1. The van der Waals surface area contributed by atoms with Gasteiger partial charge in [-0.05, 0) is 30.9 Å². The summed E-state index contributed by atoms with van der Waals surface area (Å²) in [6.07, 6.45) is -5.16. The summed E-state index contributed by atoms with van der Waals surface area (Å²) in [4.78, 5) is 12.1. The molecule has 2 atom stereocenters. The van der Waals surface area contributed by atoms with Crippen LogP contribution in [0.2, 0.25) is 0 Å². The number of carbonyl (C=O) groups excluding carboxylic acids is 1. The third kappa shape index (κ3) is 6.39. The number of amides is 1. The number of alkyl halides is 3. The first-order valence-electron chi connectivity index (χ1n) is 7.68. The molecule has 136 valence electrons. The van der Waals surface area contributed by atoms with Gasteiger partial charge in [-0.1, -0.05) is 32.9 Å². The Kier molecular flexibility index (Phi) is 6.66. The van der Waals surface area contributed by atoms with Crippen LogP contribution in [0, 0.1) is 5.41 Å². The van der Waals surface area contributed by atoms with E-state index in [-0.39, 0.29) is 12.0 Å². The zero-order valence-electron chi connectivity index (χ0n) is 14.3. The molecule has 7 heteroatoms. The number of para-hydroxylation sites is 1. The van der Waals surface area contributed by atoms with E-state index in [1.54, 1.807) is 0 Å². The summed E-state index contributed by atoms with van der Waals surface area (Å²) in [5, 5.41) is 12.0. The fourth-order valence-corrected chi connectivity index (χ4v) is 2.27. The van der Waals surface area contributed by atoms with E-state index in [1.807, 2.05) is 20.8 Å². The number of hydrogen-bond acceptors (Lipinski definition) is 3. The molecule has 1 rings (SSSR count). The van der Waals surface area contributed by atoms with Gasteiger partial charge in [0.15, 0.2) is 6.10 Å². The van der Waals surface area contributed by atoms with Crippen molar-refractivity contribution in [2.75, 3.05) is 6.61 Å². The van der Waals surface area contributed by atoms with E-state index in [1.165, 1.54) is 25.1 Å². The number of ether oxygens (including phenoxy) is 1. The lowest BCUT2D eigenvalue weighted by Crippen LogP contribution is -2.45. The summed E-state index contributed by atoms with van der Waals surface area (Å²) in [5.41, 5.74) is -1.05. The van der Waals surface area contributed by atoms with Crippen LogP contribution in [0.1, 0.15) is 39.7 Å². The highest BCUT2D eigenvalue weighted by molar-refractivity contribution is 5.81. The summed E-state index contributed by atoms with van der Waals surface area (Å²) in [6.45, 7) is 6.99. The first-order valence-corrected chi connectivity index (χ1v) is 7.68. The Hall–Kier alpha value is -1.76. The Balaban J connectivity index is 2.78. The van der Waals surface area contributed by atoms with Crippen LogP contribution in [0.3, 0.4) is 0 Å². The molecule has 1 amide bonds. The molecule has 0 unspecified atom stereocenters. The largest absolute Gasteiger partial charge is 0.480 e. The van der Waals surface area contributed by atoms with Crippen molar-refractivity contribution in [3.8, 4) is 5.75 Å². The highest BCUT2D eigenvalue weighted by atomic mass is 19.4. The van der Waals surface area contributed by atoms with Crippen molar-refractivity contribution in [1.29, 1.82) is 0 Å². The molecule has 0 saturated heterocycles. The summed E-state index contributed by atoms with van der Waals surface area (Å²) in [7, 11) is 0. The molecule has 1 aromatic carbocycles. The minimum Gasteiger partial charge on any atom is -0.480 e. The molecule has 0 aromatic heterocycles. The van der Waals surface area contributed by atoms with Gasteiger partial charge in [0.05, 0.1) is 18.2 Å². The van der Waals surface area contributed by atoms with Crippen molar-refractivity contribution < 1.29 is 27.8 Å². The van der Waals surface area contributed by atoms with E-state index in [0.717, 1.165) is 6.07 Å². The van der Waals surface area contributed by atoms with Gasteiger partial charge >= 0.3 is 6.18 Å². The van der Waals surface area contributed by atoms with Crippen molar-refractivity contribution in [2.24, 2.45) is 5.41 Å². The number of hydrogen-bond donors (Lipinski definition) is 2. The second kappa shape index (κ2) is 7.88. The number of aliphatic hydroxyl groups excluding tert-OH is 1. The van der Waals surface area contributed by atoms with Gasteiger partial charge in [0.2, 0.25) is 0 Å². The second-order valence-corrected chi connectivity index (χ2v) is 6.91. The molecule has 1 aromatic rings. The van der Waals surface area contributed by atoms with Gasteiger partial charge in [-0.25, -0.2) is 0 Å². The molecule has 0 saturated carbocycles. The average Bonchev–Trinajstić information content (AvgIpc) is 2.44. The minimum absolute atomic E-state index is 0.117. The van der Waals surface area contributed by atoms with Crippen LogP contribution >= 0.6 is 0 Å². The molecule has 0 heterocycles. The Morgan fingerprint density at radius 1 is 1.25 bits per heavy atom. The van der Waals surface area contributed by atoms with Crippen molar-refractivity contribution >= 4 is 5.91 Å². The van der Waals surface area contributed by atoms with Crippen molar-refractivity contribution in [3.63, 3.8) is 0 Å². The lowest BCUT2D eigenvalue weighted by Gasteiger charge is -2.27. The molecular formula is C17H24F3NO3. The van der Waals surface area contributed by atoms with Crippen molar-refractivity contribution in [2.45, 2.75) is 52.4 Å². The molecule has 0 fully saturated rings. The zero-order chi connectivity index (χ0) is 18.5. The summed E-state index contributed by atoms with van der Waals surface area (Å²) in [5.74, 6) is -0.973. The van der Waals surface area contributed by atoms with Crippen LogP contribution in [-0.2, 0) is 11.0 Å². The number of aliphatic hydroxyl groups is 1. The topological polar surface area (TPSA) is 58.6 Å². The molecule has 0 aliphatic rings. The van der Waals surface area contributed by atoms with Gasteiger partial charge < -0.3 is 15.2 Å². The monoisotopic (exact) mass is 347 g/mol. The fourth-order valence-electron chi connectivity index (χ4n) is 2.27. The molecule has 0 aliphatic heterocycles. The standard InChI is InChI=1S/C17H24F3NO3/c1-11(15(23)21-12(10-22)9-16(2,3)4)24-14-8-6-5-7-13(14)17(18,19)20/h5-8,11-12,22H,9-10H2,1-4H3,(H,21,23)/t11-,12+/m1/s1. The van der Waals surface area contributed by atoms with Gasteiger partial charge in [-0.3, -0.25) is 4.79 Å². The smallest absolute Gasteiger partial charge is 0.419 e. The Labute approximate surface area is 140 Å². The lowest BCUT2D eigenvalue weighted by molar-refractivity contribution is -0.140. The Morgan fingerprint density at radius 2 is 1.83 bits per heavy atom. The van der Waals surface area contributed by atoms with Gasteiger partial charge in [0, 0.05) is 0 Å². The predicted octanol–water partition coefficient (Wildman–Crippen LogP) is 3.39. The average molecular weight is 347 g/mol. The Morgan fingerprint density at radius 3 is 2.33 bits per heavy atom. The van der Waals surface area contributed by atoms with Crippen molar-refractivity contribution in [3.05, 3.63) is 29.8 Å². The van der Waals surface area contributed by atoms with Gasteiger partial charge in [-0.15, -0.1) is 0 Å². The van der Waals surface area contributed by atoms with Gasteiger partial charge in [0.25, 0.3) is 5.91 Å². The number of rotatable bonds is 6. The van der Waals surface area contributed by atoms with E-state index >= 15 is 0 Å². The van der Waals surface area contributed by atoms with Crippen molar-refractivity contribution in [1.82, 2.24) is 5.32 Å². The number of nitrogens with one attached hydrogen (secondary N) is 1. The van der Waals surface area contributed by atoms with E-state index in [0.29, 0.717) is 6.42 Å². The predicted molar refractivity (Wildman–Crippen MR) is 84.6 cm³/mol. The van der Waals surface area contributed by atoms with Crippen LogP contribution < -0.4 is 10.1 Å². The first-order chi connectivity index (χ1) is 10.9. The van der Waals surface area contributed by atoms with Crippen LogP contribution in [0.5, 0.6) is 5.75 Å². The number of halogens is 3. The summed E-state index contributed by atoms with van der Waals surface area (Å²) < 4.78 is 44.0. The van der Waals surface area contributed by atoms with E-state index in [2.05, 4.69) is 5.32 Å². The maximum Gasteiger partial charge on any atom is 0.419 e. The molecule has 2 N–H and O–H groups in total.